The lowest BCUT2D eigenvalue weighted by atomic mass is 9.90. The zero-order chi connectivity index (χ0) is 20.2. The summed E-state index contributed by atoms with van der Waals surface area (Å²) in [6, 6.07) is 16.0. The fourth-order valence-electron chi connectivity index (χ4n) is 3.98. The van der Waals surface area contributed by atoms with Gasteiger partial charge >= 0.3 is 6.09 Å². The van der Waals surface area contributed by atoms with Crippen LogP contribution in [0.1, 0.15) is 12.8 Å². The molecule has 2 heterocycles. The van der Waals surface area contributed by atoms with E-state index < -0.39 is 12.1 Å². The van der Waals surface area contributed by atoms with E-state index in [4.69, 9.17) is 10.1 Å². The first kappa shape index (κ1) is 19.1. The predicted octanol–water partition coefficient (Wildman–Crippen LogP) is 3.14. The van der Waals surface area contributed by atoms with Crippen molar-refractivity contribution >= 4 is 22.8 Å². The molecule has 1 aliphatic heterocycles. The monoisotopic (exact) mass is 392 g/mol. The Bertz CT molecular complexity index is 1000. The molecule has 1 amide bonds. The van der Waals surface area contributed by atoms with Gasteiger partial charge in [0.1, 0.15) is 0 Å². The molecule has 2 aromatic carbocycles. The lowest BCUT2D eigenvalue weighted by Crippen LogP contribution is -2.47. The molecule has 4 rings (SSSR count). The second-order valence-corrected chi connectivity index (χ2v) is 7.37. The van der Waals surface area contributed by atoms with Crippen molar-refractivity contribution in [3.63, 3.8) is 0 Å². The highest BCUT2D eigenvalue weighted by Gasteiger charge is 2.28. The number of carboxylic acid groups (broad SMARTS) is 1. The third-order valence-electron chi connectivity index (χ3n) is 5.59. The third kappa shape index (κ3) is 4.30. The summed E-state index contributed by atoms with van der Waals surface area (Å²) in [4.78, 5) is 22.2. The third-order valence-corrected chi connectivity index (χ3v) is 5.59. The number of fused-ring (bicyclic) bond motifs is 1. The fourth-order valence-corrected chi connectivity index (χ4v) is 3.98. The summed E-state index contributed by atoms with van der Waals surface area (Å²) in [6.07, 6.45) is 2.23. The maximum atomic E-state index is 10.9. The lowest BCUT2D eigenvalue weighted by Gasteiger charge is -2.35. The molecular weight excluding hydrogens is 368 g/mol. The minimum Gasteiger partial charge on any atom is -0.465 e. The first-order chi connectivity index (χ1) is 14.1. The summed E-state index contributed by atoms with van der Waals surface area (Å²) in [7, 11) is 0. The molecule has 3 N–H and O–H groups in total. The van der Waals surface area contributed by atoms with Crippen LogP contribution in [0.5, 0.6) is 0 Å². The van der Waals surface area contributed by atoms with Crippen molar-refractivity contribution in [1.29, 1.82) is 0 Å². The maximum Gasteiger partial charge on any atom is 0.404 e. The number of aliphatic hydroxyl groups excluding tert-OH is 1. The maximum absolute atomic E-state index is 10.9. The SMILES string of the molecule is O=C(O)N[C@@H](CO)C1CCN(c2nccc(-c3ccc4ccccc4c3)n2)CC1. The van der Waals surface area contributed by atoms with Crippen molar-refractivity contribution in [2.45, 2.75) is 18.9 Å². The number of piperidine rings is 1. The van der Waals surface area contributed by atoms with Crippen LogP contribution in [0, 0.1) is 5.92 Å². The van der Waals surface area contributed by atoms with Gasteiger partial charge in [-0.1, -0.05) is 36.4 Å². The van der Waals surface area contributed by atoms with Crippen LogP contribution in [0.4, 0.5) is 10.7 Å². The van der Waals surface area contributed by atoms with Crippen molar-refractivity contribution in [3.8, 4) is 11.3 Å². The Balaban J connectivity index is 1.48. The van der Waals surface area contributed by atoms with Crippen LogP contribution in [0.3, 0.4) is 0 Å². The molecule has 0 unspecified atom stereocenters. The van der Waals surface area contributed by atoms with Crippen molar-refractivity contribution < 1.29 is 15.0 Å². The van der Waals surface area contributed by atoms with Crippen LogP contribution in [-0.2, 0) is 0 Å². The highest BCUT2D eigenvalue weighted by molar-refractivity contribution is 5.86. The number of hydrogen-bond acceptors (Lipinski definition) is 5. The van der Waals surface area contributed by atoms with E-state index in [2.05, 4.69) is 45.5 Å². The molecule has 1 atom stereocenters. The second-order valence-electron chi connectivity index (χ2n) is 7.37. The number of nitrogens with zero attached hydrogens (tertiary/aromatic N) is 3. The molecule has 0 saturated carbocycles. The van der Waals surface area contributed by atoms with Gasteiger partial charge in [0.15, 0.2) is 0 Å². The molecule has 0 aliphatic carbocycles. The smallest absolute Gasteiger partial charge is 0.404 e. The van der Waals surface area contributed by atoms with Crippen LogP contribution >= 0.6 is 0 Å². The van der Waals surface area contributed by atoms with Gasteiger partial charge in [-0.15, -0.1) is 0 Å². The standard InChI is InChI=1S/C22H24N4O3/c27-14-20(25-22(28)29)16-8-11-26(12-9-16)21-23-10-7-19(24-21)18-6-5-15-3-1-2-4-17(15)13-18/h1-7,10,13,16,20,25,27H,8-9,11-12,14H2,(H,28,29)/t20-/m0/s1. The fraction of sp³-hybridized carbons (Fsp3) is 0.318. The summed E-state index contributed by atoms with van der Waals surface area (Å²) in [5.41, 5.74) is 1.93. The van der Waals surface area contributed by atoms with E-state index in [9.17, 15) is 9.90 Å². The van der Waals surface area contributed by atoms with Gasteiger partial charge in [-0.25, -0.2) is 14.8 Å². The molecule has 150 valence electrons. The molecule has 1 saturated heterocycles. The van der Waals surface area contributed by atoms with Gasteiger partial charge in [0.05, 0.1) is 18.3 Å². The van der Waals surface area contributed by atoms with E-state index in [1.54, 1.807) is 6.20 Å². The van der Waals surface area contributed by atoms with Crippen molar-refractivity contribution in [2.24, 2.45) is 5.92 Å². The minimum absolute atomic E-state index is 0.107. The number of rotatable bonds is 5. The molecular formula is C22H24N4O3. The first-order valence-electron chi connectivity index (χ1n) is 9.81. The normalized spacial score (nSPS) is 16.0. The molecule has 3 aromatic rings. The van der Waals surface area contributed by atoms with Gasteiger partial charge in [-0.05, 0) is 41.7 Å². The molecule has 1 aromatic heterocycles. The Hall–Kier alpha value is -3.19. The Morgan fingerprint density at radius 2 is 1.90 bits per heavy atom. The first-order valence-corrected chi connectivity index (χ1v) is 9.81. The Morgan fingerprint density at radius 1 is 1.14 bits per heavy atom. The van der Waals surface area contributed by atoms with Gasteiger partial charge in [0, 0.05) is 24.8 Å². The quantitative estimate of drug-likeness (QED) is 0.617. The number of anilines is 1. The minimum atomic E-state index is -1.10. The highest BCUT2D eigenvalue weighted by Crippen LogP contribution is 2.27. The van der Waals surface area contributed by atoms with Crippen LogP contribution in [0.2, 0.25) is 0 Å². The van der Waals surface area contributed by atoms with Crippen molar-refractivity contribution in [1.82, 2.24) is 15.3 Å². The number of aromatic nitrogens is 2. The lowest BCUT2D eigenvalue weighted by molar-refractivity contribution is 0.153. The number of carbonyl (C=O) groups is 1. The predicted molar refractivity (Wildman–Crippen MR) is 112 cm³/mol. The molecule has 0 radical (unpaired) electrons. The summed E-state index contributed by atoms with van der Waals surface area (Å²) in [6.45, 7) is 1.26. The van der Waals surface area contributed by atoms with E-state index in [1.165, 1.54) is 10.8 Å². The van der Waals surface area contributed by atoms with Gasteiger partial charge in [-0.2, -0.15) is 0 Å². The summed E-state index contributed by atoms with van der Waals surface area (Å²) < 4.78 is 0. The van der Waals surface area contributed by atoms with Crippen molar-refractivity contribution in [3.05, 3.63) is 54.7 Å². The van der Waals surface area contributed by atoms with Crippen LogP contribution < -0.4 is 10.2 Å². The zero-order valence-corrected chi connectivity index (χ0v) is 16.0. The van der Waals surface area contributed by atoms with Crippen LogP contribution in [-0.4, -0.2) is 52.0 Å². The molecule has 0 bridgehead atoms. The largest absolute Gasteiger partial charge is 0.465 e. The average Bonchev–Trinajstić information content (AvgIpc) is 2.77. The highest BCUT2D eigenvalue weighted by atomic mass is 16.4. The van der Waals surface area contributed by atoms with E-state index in [1.807, 2.05) is 18.2 Å². The van der Waals surface area contributed by atoms with Crippen molar-refractivity contribution in [2.75, 3.05) is 24.6 Å². The number of nitrogens with one attached hydrogen (secondary N) is 1. The zero-order valence-electron chi connectivity index (χ0n) is 16.0. The molecule has 0 spiro atoms. The van der Waals surface area contributed by atoms with Gasteiger partial charge in [0.25, 0.3) is 0 Å². The number of hydrogen-bond donors (Lipinski definition) is 3. The number of benzene rings is 2. The van der Waals surface area contributed by atoms with E-state index in [-0.39, 0.29) is 12.5 Å². The number of amides is 1. The Kier molecular flexibility index (Phi) is 5.57. The Morgan fingerprint density at radius 3 is 2.62 bits per heavy atom. The van der Waals surface area contributed by atoms with Gasteiger partial charge < -0.3 is 20.4 Å². The van der Waals surface area contributed by atoms with E-state index >= 15 is 0 Å². The molecule has 29 heavy (non-hydrogen) atoms. The summed E-state index contributed by atoms with van der Waals surface area (Å²) in [5, 5.41) is 23.2. The number of aliphatic hydroxyl groups is 1. The molecule has 1 fully saturated rings. The average molecular weight is 392 g/mol. The summed E-state index contributed by atoms with van der Waals surface area (Å²) in [5.74, 6) is 0.789. The van der Waals surface area contributed by atoms with E-state index in [0.29, 0.717) is 5.95 Å². The van der Waals surface area contributed by atoms with Crippen LogP contribution in [0.25, 0.3) is 22.0 Å². The van der Waals surface area contributed by atoms with Crippen LogP contribution in [0.15, 0.2) is 54.7 Å². The molecule has 7 heteroatoms. The van der Waals surface area contributed by atoms with Gasteiger partial charge in [0.2, 0.25) is 5.95 Å². The second kappa shape index (κ2) is 8.45. The molecule has 7 nitrogen and oxygen atoms in total. The Labute approximate surface area is 169 Å². The van der Waals surface area contributed by atoms with E-state index in [0.717, 1.165) is 37.2 Å². The molecule has 1 aliphatic rings. The topological polar surface area (TPSA) is 98.6 Å². The summed E-state index contributed by atoms with van der Waals surface area (Å²) >= 11 is 0. The van der Waals surface area contributed by atoms with Gasteiger partial charge in [-0.3, -0.25) is 0 Å².